The van der Waals surface area contributed by atoms with E-state index in [0.29, 0.717) is 11.5 Å². The van der Waals surface area contributed by atoms with Gasteiger partial charge < -0.3 is 10.5 Å². The minimum atomic E-state index is -0.0217. The van der Waals surface area contributed by atoms with Gasteiger partial charge >= 0.3 is 0 Å². The van der Waals surface area contributed by atoms with E-state index < -0.39 is 0 Å². The van der Waals surface area contributed by atoms with Gasteiger partial charge in [-0.25, -0.2) is 0 Å². The molecule has 0 aromatic carbocycles. The first kappa shape index (κ1) is 13.0. The van der Waals surface area contributed by atoms with E-state index in [2.05, 4.69) is 25.9 Å². The summed E-state index contributed by atoms with van der Waals surface area (Å²) in [4.78, 5) is 8.31. The van der Waals surface area contributed by atoms with E-state index in [0.717, 1.165) is 16.6 Å². The largest absolute Gasteiger partial charge is 0.454 e. The van der Waals surface area contributed by atoms with Gasteiger partial charge in [-0.05, 0) is 40.5 Å². The molecule has 2 rings (SSSR count). The molecule has 2 aromatic heterocycles. The van der Waals surface area contributed by atoms with Gasteiger partial charge in [-0.3, -0.25) is 9.97 Å². The van der Waals surface area contributed by atoms with Gasteiger partial charge in [0.1, 0.15) is 11.5 Å². The smallest absolute Gasteiger partial charge is 0.146 e. The SMILES string of the molecule is CCC(N)c1ccc(Oc2cncc(Br)c2)cn1. The second-order valence-corrected chi connectivity index (χ2v) is 4.79. The topological polar surface area (TPSA) is 61.0 Å². The molecule has 0 saturated carbocycles. The van der Waals surface area contributed by atoms with Crippen LogP contribution in [0.5, 0.6) is 11.5 Å². The fraction of sp³-hybridized carbons (Fsp3) is 0.231. The molecule has 2 heterocycles. The van der Waals surface area contributed by atoms with Gasteiger partial charge in [0.25, 0.3) is 0 Å². The molecule has 2 N–H and O–H groups in total. The van der Waals surface area contributed by atoms with Crippen LogP contribution in [0.25, 0.3) is 0 Å². The Labute approximate surface area is 114 Å². The maximum Gasteiger partial charge on any atom is 0.146 e. The van der Waals surface area contributed by atoms with Crippen molar-refractivity contribution in [3.8, 4) is 11.5 Å². The zero-order chi connectivity index (χ0) is 13.0. The summed E-state index contributed by atoms with van der Waals surface area (Å²) >= 11 is 3.34. The Morgan fingerprint density at radius 2 is 2.11 bits per heavy atom. The third-order valence-corrected chi connectivity index (χ3v) is 2.93. The lowest BCUT2D eigenvalue weighted by Crippen LogP contribution is -2.10. The van der Waals surface area contributed by atoms with Gasteiger partial charge in [-0.15, -0.1) is 0 Å². The molecule has 4 nitrogen and oxygen atoms in total. The lowest BCUT2D eigenvalue weighted by atomic mass is 10.1. The third-order valence-electron chi connectivity index (χ3n) is 2.49. The lowest BCUT2D eigenvalue weighted by molar-refractivity contribution is 0.476. The van der Waals surface area contributed by atoms with Crippen LogP contribution >= 0.6 is 15.9 Å². The van der Waals surface area contributed by atoms with Crippen molar-refractivity contribution in [1.82, 2.24) is 9.97 Å². The first-order valence-corrected chi connectivity index (χ1v) is 6.48. The summed E-state index contributed by atoms with van der Waals surface area (Å²) in [6.07, 6.45) is 5.89. The van der Waals surface area contributed by atoms with Crippen LogP contribution in [-0.4, -0.2) is 9.97 Å². The standard InChI is InChI=1S/C13H14BrN3O/c1-2-12(15)13-4-3-10(8-17-13)18-11-5-9(14)6-16-7-11/h3-8,12H,2,15H2,1H3. The quantitative estimate of drug-likeness (QED) is 0.940. The predicted molar refractivity (Wildman–Crippen MR) is 73.5 cm³/mol. The highest BCUT2D eigenvalue weighted by Gasteiger charge is 2.05. The van der Waals surface area contributed by atoms with Crippen LogP contribution in [0.1, 0.15) is 25.1 Å². The average molecular weight is 308 g/mol. The Hall–Kier alpha value is -1.46. The Morgan fingerprint density at radius 3 is 2.72 bits per heavy atom. The minimum Gasteiger partial charge on any atom is -0.454 e. The first-order valence-electron chi connectivity index (χ1n) is 5.69. The summed E-state index contributed by atoms with van der Waals surface area (Å²) in [7, 11) is 0. The number of aromatic nitrogens is 2. The van der Waals surface area contributed by atoms with Crippen molar-refractivity contribution in [2.45, 2.75) is 19.4 Å². The Balaban J connectivity index is 2.11. The van der Waals surface area contributed by atoms with Crippen molar-refractivity contribution in [2.75, 3.05) is 0 Å². The molecule has 0 aliphatic carbocycles. The fourth-order valence-electron chi connectivity index (χ4n) is 1.46. The molecule has 0 amide bonds. The van der Waals surface area contributed by atoms with E-state index in [4.69, 9.17) is 10.5 Å². The van der Waals surface area contributed by atoms with Crippen molar-refractivity contribution >= 4 is 15.9 Å². The number of pyridine rings is 2. The molecule has 0 saturated heterocycles. The normalized spacial score (nSPS) is 12.2. The molecular weight excluding hydrogens is 294 g/mol. The molecule has 0 fully saturated rings. The summed E-state index contributed by atoms with van der Waals surface area (Å²) in [6, 6.07) is 5.57. The van der Waals surface area contributed by atoms with Gasteiger partial charge in [-0.2, -0.15) is 0 Å². The second-order valence-electron chi connectivity index (χ2n) is 3.87. The molecular formula is C13H14BrN3O. The number of nitrogens with two attached hydrogens (primary N) is 1. The monoisotopic (exact) mass is 307 g/mol. The van der Waals surface area contributed by atoms with Crippen molar-refractivity contribution < 1.29 is 4.74 Å². The van der Waals surface area contributed by atoms with E-state index in [9.17, 15) is 0 Å². The number of hydrogen-bond donors (Lipinski definition) is 1. The highest BCUT2D eigenvalue weighted by atomic mass is 79.9. The van der Waals surface area contributed by atoms with Crippen LogP contribution in [0.3, 0.4) is 0 Å². The van der Waals surface area contributed by atoms with Crippen LogP contribution < -0.4 is 10.5 Å². The van der Waals surface area contributed by atoms with E-state index in [1.807, 2.05) is 25.1 Å². The molecule has 0 radical (unpaired) electrons. The van der Waals surface area contributed by atoms with Crippen molar-refractivity contribution in [3.05, 3.63) is 47.0 Å². The summed E-state index contributed by atoms with van der Waals surface area (Å²) in [5.41, 5.74) is 6.77. The fourth-order valence-corrected chi connectivity index (χ4v) is 1.81. The maximum absolute atomic E-state index is 5.90. The number of hydrogen-bond acceptors (Lipinski definition) is 4. The first-order chi connectivity index (χ1) is 8.69. The van der Waals surface area contributed by atoms with Crippen molar-refractivity contribution in [3.63, 3.8) is 0 Å². The number of halogens is 1. The van der Waals surface area contributed by atoms with Crippen LogP contribution in [0.4, 0.5) is 0 Å². The Morgan fingerprint density at radius 1 is 1.28 bits per heavy atom. The Bertz CT molecular complexity index is 516. The number of nitrogens with zero attached hydrogens (tertiary/aromatic N) is 2. The molecule has 0 bridgehead atoms. The summed E-state index contributed by atoms with van der Waals surface area (Å²) in [5.74, 6) is 1.33. The van der Waals surface area contributed by atoms with E-state index >= 15 is 0 Å². The third kappa shape index (κ3) is 3.27. The van der Waals surface area contributed by atoms with Gasteiger partial charge in [0.05, 0.1) is 18.1 Å². The molecule has 94 valence electrons. The number of ether oxygens (including phenoxy) is 1. The molecule has 18 heavy (non-hydrogen) atoms. The van der Waals surface area contributed by atoms with Gasteiger partial charge in [0.15, 0.2) is 0 Å². The predicted octanol–water partition coefficient (Wildman–Crippen LogP) is 3.44. The highest BCUT2D eigenvalue weighted by molar-refractivity contribution is 9.10. The zero-order valence-corrected chi connectivity index (χ0v) is 11.6. The summed E-state index contributed by atoms with van der Waals surface area (Å²) in [5, 5.41) is 0. The minimum absolute atomic E-state index is 0.0217. The van der Waals surface area contributed by atoms with E-state index in [1.54, 1.807) is 18.6 Å². The van der Waals surface area contributed by atoms with E-state index in [-0.39, 0.29) is 6.04 Å². The molecule has 0 aliphatic heterocycles. The summed E-state index contributed by atoms with van der Waals surface area (Å²) < 4.78 is 6.50. The molecule has 5 heteroatoms. The molecule has 1 unspecified atom stereocenters. The van der Waals surface area contributed by atoms with E-state index in [1.165, 1.54) is 0 Å². The average Bonchev–Trinajstić information content (AvgIpc) is 2.39. The van der Waals surface area contributed by atoms with Crippen LogP contribution in [0.15, 0.2) is 41.3 Å². The number of rotatable bonds is 4. The van der Waals surface area contributed by atoms with Gasteiger partial charge in [0, 0.05) is 16.7 Å². The lowest BCUT2D eigenvalue weighted by Gasteiger charge is -2.09. The summed E-state index contributed by atoms with van der Waals surface area (Å²) in [6.45, 7) is 2.03. The molecule has 0 aliphatic rings. The molecule has 1 atom stereocenters. The maximum atomic E-state index is 5.90. The van der Waals surface area contributed by atoms with Crippen molar-refractivity contribution in [1.29, 1.82) is 0 Å². The molecule has 2 aromatic rings. The van der Waals surface area contributed by atoms with Crippen LogP contribution in [0.2, 0.25) is 0 Å². The second kappa shape index (κ2) is 5.93. The van der Waals surface area contributed by atoms with Gasteiger partial charge in [0.2, 0.25) is 0 Å². The Kier molecular flexibility index (Phi) is 4.28. The van der Waals surface area contributed by atoms with Gasteiger partial charge in [-0.1, -0.05) is 6.92 Å². The zero-order valence-electron chi connectivity index (χ0n) is 10.0. The van der Waals surface area contributed by atoms with Crippen molar-refractivity contribution in [2.24, 2.45) is 5.73 Å². The molecule has 0 spiro atoms. The highest BCUT2D eigenvalue weighted by Crippen LogP contribution is 2.23. The van der Waals surface area contributed by atoms with Crippen LogP contribution in [0, 0.1) is 0 Å². The van der Waals surface area contributed by atoms with Crippen LogP contribution in [-0.2, 0) is 0 Å².